The molecule has 0 radical (unpaired) electrons. The normalized spacial score (nSPS) is 20.7. The molecule has 82 valence electrons. The van der Waals surface area contributed by atoms with Crippen LogP contribution in [0, 0.1) is 0 Å². The third-order valence-corrected chi connectivity index (χ3v) is 3.06. The first-order valence-corrected chi connectivity index (χ1v) is 5.63. The van der Waals surface area contributed by atoms with Crippen molar-refractivity contribution in [2.24, 2.45) is 0 Å². The van der Waals surface area contributed by atoms with Gasteiger partial charge in [0.05, 0.1) is 7.11 Å². The van der Waals surface area contributed by atoms with Crippen LogP contribution in [0.5, 0.6) is 5.88 Å². The lowest BCUT2D eigenvalue weighted by molar-refractivity contribution is 0.397. The second-order valence-electron chi connectivity index (χ2n) is 3.94. The zero-order valence-electron chi connectivity index (χ0n) is 9.44. The summed E-state index contributed by atoms with van der Waals surface area (Å²) >= 11 is 0. The van der Waals surface area contributed by atoms with Crippen LogP contribution in [0.1, 0.15) is 26.2 Å². The molecule has 3 heteroatoms. The molecule has 15 heavy (non-hydrogen) atoms. The molecule has 1 atom stereocenters. The molecule has 0 bridgehead atoms. The SMILES string of the molecule is CCC1CCCN1c1cccc(OC)n1. The molecule has 1 fully saturated rings. The maximum absolute atomic E-state index is 5.15. The van der Waals surface area contributed by atoms with E-state index in [0.717, 1.165) is 12.4 Å². The lowest BCUT2D eigenvalue weighted by Crippen LogP contribution is -2.29. The van der Waals surface area contributed by atoms with Crippen molar-refractivity contribution in [3.05, 3.63) is 18.2 Å². The van der Waals surface area contributed by atoms with E-state index < -0.39 is 0 Å². The number of pyridine rings is 1. The van der Waals surface area contributed by atoms with Gasteiger partial charge in [0.15, 0.2) is 0 Å². The maximum atomic E-state index is 5.15. The van der Waals surface area contributed by atoms with E-state index in [1.54, 1.807) is 7.11 Å². The number of hydrogen-bond donors (Lipinski definition) is 0. The Labute approximate surface area is 91.1 Å². The third-order valence-electron chi connectivity index (χ3n) is 3.06. The van der Waals surface area contributed by atoms with Crippen molar-refractivity contribution in [2.45, 2.75) is 32.2 Å². The second-order valence-corrected chi connectivity index (χ2v) is 3.94. The van der Waals surface area contributed by atoms with Crippen LogP contribution in [0.4, 0.5) is 5.82 Å². The highest BCUT2D eigenvalue weighted by Gasteiger charge is 2.23. The average molecular weight is 206 g/mol. The fraction of sp³-hybridized carbons (Fsp3) is 0.583. The van der Waals surface area contributed by atoms with E-state index in [0.29, 0.717) is 11.9 Å². The minimum absolute atomic E-state index is 0.657. The Hall–Kier alpha value is -1.25. The molecular weight excluding hydrogens is 188 g/mol. The van der Waals surface area contributed by atoms with E-state index in [9.17, 15) is 0 Å². The molecule has 0 amide bonds. The Bertz CT molecular complexity index is 327. The van der Waals surface area contributed by atoms with Crippen LogP contribution in [0.15, 0.2) is 18.2 Å². The average Bonchev–Trinajstić information content (AvgIpc) is 2.77. The predicted molar refractivity (Wildman–Crippen MR) is 61.4 cm³/mol. The standard InChI is InChI=1S/C12H18N2O/c1-3-10-6-5-9-14(10)11-7-4-8-12(13-11)15-2/h4,7-8,10H,3,5-6,9H2,1-2H3. The van der Waals surface area contributed by atoms with Gasteiger partial charge in [-0.25, -0.2) is 0 Å². The van der Waals surface area contributed by atoms with Gasteiger partial charge in [-0.15, -0.1) is 0 Å². The van der Waals surface area contributed by atoms with Crippen LogP contribution in [0.3, 0.4) is 0 Å². The van der Waals surface area contributed by atoms with Crippen molar-refractivity contribution < 1.29 is 4.74 Å². The highest BCUT2D eigenvalue weighted by Crippen LogP contribution is 2.26. The number of hydrogen-bond acceptors (Lipinski definition) is 3. The number of rotatable bonds is 3. The molecule has 0 spiro atoms. The van der Waals surface area contributed by atoms with Crippen molar-refractivity contribution in [1.29, 1.82) is 0 Å². The topological polar surface area (TPSA) is 25.4 Å². The van der Waals surface area contributed by atoms with Gasteiger partial charge in [-0.2, -0.15) is 4.98 Å². The molecule has 1 aliphatic rings. The van der Waals surface area contributed by atoms with Crippen molar-refractivity contribution >= 4 is 5.82 Å². The van der Waals surface area contributed by atoms with E-state index in [2.05, 4.69) is 22.9 Å². The van der Waals surface area contributed by atoms with Crippen LogP contribution < -0.4 is 9.64 Å². The van der Waals surface area contributed by atoms with Gasteiger partial charge in [0.1, 0.15) is 5.82 Å². The molecule has 1 saturated heterocycles. The number of methoxy groups -OCH3 is 1. The van der Waals surface area contributed by atoms with Crippen LogP contribution in [0.2, 0.25) is 0 Å². The Kier molecular flexibility index (Phi) is 3.09. The fourth-order valence-corrected chi connectivity index (χ4v) is 2.24. The highest BCUT2D eigenvalue weighted by molar-refractivity contribution is 5.42. The molecule has 1 aromatic rings. The summed E-state index contributed by atoms with van der Waals surface area (Å²) in [6.07, 6.45) is 3.76. The highest BCUT2D eigenvalue weighted by atomic mass is 16.5. The van der Waals surface area contributed by atoms with Crippen LogP contribution in [-0.2, 0) is 0 Å². The summed E-state index contributed by atoms with van der Waals surface area (Å²) in [6, 6.07) is 6.62. The summed E-state index contributed by atoms with van der Waals surface area (Å²) in [5, 5.41) is 0. The summed E-state index contributed by atoms with van der Waals surface area (Å²) < 4.78 is 5.15. The summed E-state index contributed by atoms with van der Waals surface area (Å²) in [5.41, 5.74) is 0. The first kappa shape index (κ1) is 10.3. The Morgan fingerprint density at radius 1 is 1.53 bits per heavy atom. The third kappa shape index (κ3) is 2.06. The summed E-state index contributed by atoms with van der Waals surface area (Å²) in [4.78, 5) is 6.87. The fourth-order valence-electron chi connectivity index (χ4n) is 2.24. The summed E-state index contributed by atoms with van der Waals surface area (Å²) in [7, 11) is 1.66. The number of ether oxygens (including phenoxy) is 1. The Balaban J connectivity index is 2.20. The number of nitrogens with zero attached hydrogens (tertiary/aromatic N) is 2. The molecule has 2 rings (SSSR count). The zero-order valence-corrected chi connectivity index (χ0v) is 9.44. The monoisotopic (exact) mass is 206 g/mol. The van der Waals surface area contributed by atoms with Crippen molar-refractivity contribution in [2.75, 3.05) is 18.6 Å². The van der Waals surface area contributed by atoms with Gasteiger partial charge in [0.25, 0.3) is 0 Å². The number of aromatic nitrogens is 1. The second kappa shape index (κ2) is 4.51. The zero-order chi connectivity index (χ0) is 10.7. The van der Waals surface area contributed by atoms with Crippen molar-refractivity contribution in [3.8, 4) is 5.88 Å². The molecular formula is C12H18N2O. The summed E-state index contributed by atoms with van der Waals surface area (Å²) in [6.45, 7) is 3.36. The van der Waals surface area contributed by atoms with Gasteiger partial charge in [-0.1, -0.05) is 13.0 Å². The van der Waals surface area contributed by atoms with Crippen LogP contribution in [-0.4, -0.2) is 24.7 Å². The molecule has 0 aliphatic carbocycles. The van der Waals surface area contributed by atoms with Gasteiger partial charge >= 0.3 is 0 Å². The maximum Gasteiger partial charge on any atom is 0.214 e. The van der Waals surface area contributed by atoms with Gasteiger partial charge in [-0.05, 0) is 25.3 Å². The van der Waals surface area contributed by atoms with Crippen molar-refractivity contribution in [1.82, 2.24) is 4.98 Å². The largest absolute Gasteiger partial charge is 0.481 e. The molecule has 0 aromatic carbocycles. The van der Waals surface area contributed by atoms with Crippen molar-refractivity contribution in [3.63, 3.8) is 0 Å². The molecule has 2 heterocycles. The smallest absolute Gasteiger partial charge is 0.214 e. The van der Waals surface area contributed by atoms with E-state index in [1.165, 1.54) is 19.3 Å². The molecule has 1 unspecified atom stereocenters. The quantitative estimate of drug-likeness (QED) is 0.759. The van der Waals surface area contributed by atoms with Crippen LogP contribution in [0.25, 0.3) is 0 Å². The minimum atomic E-state index is 0.657. The van der Waals surface area contributed by atoms with Gasteiger partial charge in [-0.3, -0.25) is 0 Å². The van der Waals surface area contributed by atoms with Gasteiger partial charge in [0.2, 0.25) is 5.88 Å². The predicted octanol–water partition coefficient (Wildman–Crippen LogP) is 2.47. The molecule has 1 aliphatic heterocycles. The van der Waals surface area contributed by atoms with E-state index >= 15 is 0 Å². The first-order valence-electron chi connectivity index (χ1n) is 5.63. The lowest BCUT2D eigenvalue weighted by atomic mass is 10.2. The molecule has 0 saturated carbocycles. The molecule has 3 nitrogen and oxygen atoms in total. The number of anilines is 1. The van der Waals surface area contributed by atoms with E-state index in [1.807, 2.05) is 12.1 Å². The first-order chi connectivity index (χ1) is 7.35. The summed E-state index contributed by atoms with van der Waals surface area (Å²) in [5.74, 6) is 1.76. The van der Waals surface area contributed by atoms with Crippen LogP contribution >= 0.6 is 0 Å². The van der Waals surface area contributed by atoms with E-state index in [4.69, 9.17) is 4.74 Å². The van der Waals surface area contributed by atoms with E-state index in [-0.39, 0.29) is 0 Å². The lowest BCUT2D eigenvalue weighted by Gasteiger charge is -2.24. The van der Waals surface area contributed by atoms with Gasteiger partial charge < -0.3 is 9.64 Å². The molecule has 0 N–H and O–H groups in total. The Morgan fingerprint density at radius 2 is 2.40 bits per heavy atom. The van der Waals surface area contributed by atoms with Gasteiger partial charge in [0, 0.05) is 18.7 Å². The minimum Gasteiger partial charge on any atom is -0.481 e. The Morgan fingerprint density at radius 3 is 3.13 bits per heavy atom. The molecule has 1 aromatic heterocycles.